The molecule has 7 heteroatoms. The molecule has 35 heavy (non-hydrogen) atoms. The Morgan fingerprint density at radius 1 is 0.800 bits per heavy atom. The van der Waals surface area contributed by atoms with E-state index in [0.29, 0.717) is 26.3 Å². The Morgan fingerprint density at radius 3 is 1.89 bits per heavy atom. The van der Waals surface area contributed by atoms with Gasteiger partial charge in [0.15, 0.2) is 0 Å². The third-order valence-electron chi connectivity index (χ3n) is 6.84. The zero-order valence-corrected chi connectivity index (χ0v) is 23.0. The van der Waals surface area contributed by atoms with E-state index >= 15 is 0 Å². The fraction of sp³-hybridized carbons (Fsp3) is 0.929. The molecule has 0 spiro atoms. The van der Waals surface area contributed by atoms with Gasteiger partial charge in [0.25, 0.3) is 0 Å². The molecule has 0 aromatic heterocycles. The molecule has 1 heterocycles. The number of nitrogens with zero attached hydrogens (tertiary/aromatic N) is 1. The third kappa shape index (κ3) is 17.6. The number of unbranched alkanes of at least 4 members (excludes halogenated alkanes) is 14. The number of carbonyl (C=O) groups excluding carboxylic acids is 2. The van der Waals surface area contributed by atoms with Crippen molar-refractivity contribution < 1.29 is 23.8 Å². The molecule has 0 saturated carbocycles. The SMILES string of the molecule is CCCCCCCCCCCCCCCCCNC(=O)OCC1COC(COC(=O)N(C)CC)C1. The smallest absolute Gasteiger partial charge is 0.409 e. The molecule has 7 nitrogen and oxygen atoms in total. The van der Waals surface area contributed by atoms with E-state index in [2.05, 4.69) is 12.2 Å². The summed E-state index contributed by atoms with van der Waals surface area (Å²) in [5, 5.41) is 2.85. The van der Waals surface area contributed by atoms with Crippen LogP contribution >= 0.6 is 0 Å². The van der Waals surface area contributed by atoms with Crippen LogP contribution in [0.2, 0.25) is 0 Å². The van der Waals surface area contributed by atoms with Crippen molar-refractivity contribution in [1.29, 1.82) is 0 Å². The van der Waals surface area contributed by atoms with Crippen molar-refractivity contribution in [2.45, 2.75) is 123 Å². The monoisotopic (exact) mass is 498 g/mol. The second-order valence-corrected chi connectivity index (χ2v) is 10.1. The van der Waals surface area contributed by atoms with E-state index in [1.54, 1.807) is 7.05 Å². The van der Waals surface area contributed by atoms with Crippen LogP contribution in [0.5, 0.6) is 0 Å². The molecule has 0 aromatic rings. The summed E-state index contributed by atoms with van der Waals surface area (Å²) in [4.78, 5) is 25.1. The number of hydrogen-bond donors (Lipinski definition) is 1. The second-order valence-electron chi connectivity index (χ2n) is 10.1. The number of carbonyl (C=O) groups is 2. The second kappa shape index (κ2) is 21.8. The summed E-state index contributed by atoms with van der Waals surface area (Å²) in [5.74, 6) is 0.152. The molecule has 0 radical (unpaired) electrons. The van der Waals surface area contributed by atoms with E-state index in [1.807, 2.05) is 6.92 Å². The molecule has 0 aromatic carbocycles. The van der Waals surface area contributed by atoms with Gasteiger partial charge in [-0.05, 0) is 19.8 Å². The standard InChI is InChI=1S/C28H54N2O5/c1-4-6-7-8-9-10-11-12-13-14-15-16-17-18-19-20-29-27(31)34-23-25-21-26(33-22-25)24-35-28(32)30(3)5-2/h25-26H,4-24H2,1-3H3,(H,29,31). The summed E-state index contributed by atoms with van der Waals surface area (Å²) >= 11 is 0. The first kappa shape index (κ1) is 31.5. The van der Waals surface area contributed by atoms with Crippen molar-refractivity contribution >= 4 is 12.2 Å². The molecule has 1 N–H and O–H groups in total. The Morgan fingerprint density at radius 2 is 1.34 bits per heavy atom. The molecular formula is C28H54N2O5. The maximum absolute atomic E-state index is 11.9. The van der Waals surface area contributed by atoms with E-state index < -0.39 is 0 Å². The van der Waals surface area contributed by atoms with Gasteiger partial charge in [-0.2, -0.15) is 0 Å². The van der Waals surface area contributed by atoms with Crippen molar-refractivity contribution in [2.24, 2.45) is 5.92 Å². The minimum atomic E-state index is -0.352. The van der Waals surface area contributed by atoms with Crippen LogP contribution in [0, 0.1) is 5.92 Å². The van der Waals surface area contributed by atoms with E-state index in [-0.39, 0.29) is 30.8 Å². The predicted molar refractivity (Wildman–Crippen MR) is 142 cm³/mol. The molecule has 2 amide bonds. The van der Waals surface area contributed by atoms with Gasteiger partial charge in [-0.1, -0.05) is 96.8 Å². The fourth-order valence-corrected chi connectivity index (χ4v) is 4.35. The molecule has 2 atom stereocenters. The van der Waals surface area contributed by atoms with Crippen LogP contribution in [0.15, 0.2) is 0 Å². The fourth-order valence-electron chi connectivity index (χ4n) is 4.35. The number of nitrogens with one attached hydrogen (secondary N) is 1. The Hall–Kier alpha value is -1.50. The van der Waals surface area contributed by atoms with Gasteiger partial charge in [0.1, 0.15) is 6.61 Å². The summed E-state index contributed by atoms with van der Waals surface area (Å²) < 4.78 is 16.2. The van der Waals surface area contributed by atoms with Crippen LogP contribution in [-0.2, 0) is 14.2 Å². The molecule has 1 saturated heterocycles. The zero-order valence-electron chi connectivity index (χ0n) is 23.0. The molecular weight excluding hydrogens is 444 g/mol. The molecule has 1 fully saturated rings. The summed E-state index contributed by atoms with van der Waals surface area (Å²) in [7, 11) is 1.70. The topological polar surface area (TPSA) is 77.1 Å². The number of rotatable bonds is 21. The highest BCUT2D eigenvalue weighted by Gasteiger charge is 2.28. The molecule has 0 aliphatic carbocycles. The van der Waals surface area contributed by atoms with Crippen LogP contribution in [0.3, 0.4) is 0 Å². The summed E-state index contributed by atoms with van der Waals surface area (Å²) in [5.41, 5.74) is 0. The number of amides is 2. The van der Waals surface area contributed by atoms with Gasteiger partial charge in [0, 0.05) is 26.1 Å². The lowest BCUT2D eigenvalue weighted by atomic mass is 10.0. The Bertz CT molecular complexity index is 531. The van der Waals surface area contributed by atoms with Crippen LogP contribution in [0.1, 0.15) is 117 Å². The molecule has 0 bridgehead atoms. The first-order valence-electron chi connectivity index (χ1n) is 14.5. The number of hydrogen-bond acceptors (Lipinski definition) is 5. The van der Waals surface area contributed by atoms with Gasteiger partial charge in [-0.25, -0.2) is 9.59 Å². The van der Waals surface area contributed by atoms with Crippen molar-refractivity contribution in [2.75, 3.05) is 40.0 Å². The normalized spacial score (nSPS) is 17.3. The van der Waals surface area contributed by atoms with Crippen LogP contribution in [0.4, 0.5) is 9.59 Å². The Balaban J connectivity index is 1.84. The van der Waals surface area contributed by atoms with Gasteiger partial charge in [-0.15, -0.1) is 0 Å². The Kier molecular flexibility index (Phi) is 19.6. The lowest BCUT2D eigenvalue weighted by molar-refractivity contribution is 0.0313. The Labute approximate surface area is 215 Å². The maximum atomic E-state index is 11.9. The summed E-state index contributed by atoms with van der Waals surface area (Å²) in [6.45, 7) is 6.55. The highest BCUT2D eigenvalue weighted by atomic mass is 16.6. The van der Waals surface area contributed by atoms with Crippen LogP contribution in [0.25, 0.3) is 0 Å². The van der Waals surface area contributed by atoms with Crippen molar-refractivity contribution in [3.63, 3.8) is 0 Å². The zero-order chi connectivity index (χ0) is 25.6. The quantitative estimate of drug-likeness (QED) is 0.171. The highest BCUT2D eigenvalue weighted by molar-refractivity contribution is 5.67. The van der Waals surface area contributed by atoms with E-state index in [0.717, 1.165) is 19.3 Å². The maximum Gasteiger partial charge on any atom is 0.409 e. The first-order valence-corrected chi connectivity index (χ1v) is 14.5. The van der Waals surface area contributed by atoms with Gasteiger partial charge >= 0.3 is 12.2 Å². The van der Waals surface area contributed by atoms with E-state index in [9.17, 15) is 9.59 Å². The van der Waals surface area contributed by atoms with Gasteiger partial charge in [0.2, 0.25) is 0 Å². The molecule has 1 aliphatic heterocycles. The van der Waals surface area contributed by atoms with E-state index in [1.165, 1.54) is 88.4 Å². The lowest BCUT2D eigenvalue weighted by Crippen LogP contribution is -2.30. The highest BCUT2D eigenvalue weighted by Crippen LogP contribution is 2.20. The predicted octanol–water partition coefficient (Wildman–Crippen LogP) is 7.08. The largest absolute Gasteiger partial charge is 0.449 e. The van der Waals surface area contributed by atoms with Crippen LogP contribution < -0.4 is 5.32 Å². The third-order valence-corrected chi connectivity index (χ3v) is 6.84. The molecule has 2 unspecified atom stereocenters. The minimum absolute atomic E-state index is 0.124. The minimum Gasteiger partial charge on any atom is -0.449 e. The number of alkyl carbamates (subject to hydrolysis) is 1. The average molecular weight is 499 g/mol. The summed E-state index contributed by atoms with van der Waals surface area (Å²) in [6, 6.07) is 0. The van der Waals surface area contributed by atoms with Gasteiger partial charge in [-0.3, -0.25) is 0 Å². The van der Waals surface area contributed by atoms with Crippen molar-refractivity contribution in [3.8, 4) is 0 Å². The molecule has 1 rings (SSSR count). The van der Waals surface area contributed by atoms with Crippen molar-refractivity contribution in [1.82, 2.24) is 10.2 Å². The van der Waals surface area contributed by atoms with Crippen molar-refractivity contribution in [3.05, 3.63) is 0 Å². The lowest BCUT2D eigenvalue weighted by Gasteiger charge is -2.16. The molecule has 206 valence electrons. The number of ether oxygens (including phenoxy) is 3. The average Bonchev–Trinajstić information content (AvgIpc) is 3.33. The van der Waals surface area contributed by atoms with Crippen LogP contribution in [-0.4, -0.2) is 63.1 Å². The van der Waals surface area contributed by atoms with Gasteiger partial charge < -0.3 is 24.4 Å². The summed E-state index contributed by atoms with van der Waals surface area (Å²) in [6.07, 6.45) is 19.9. The van der Waals surface area contributed by atoms with Gasteiger partial charge in [0.05, 0.1) is 19.3 Å². The molecule has 1 aliphatic rings. The first-order chi connectivity index (χ1) is 17.1. The van der Waals surface area contributed by atoms with E-state index in [4.69, 9.17) is 14.2 Å².